The molecule has 0 radical (unpaired) electrons. The van der Waals surface area contributed by atoms with Crippen molar-refractivity contribution < 1.29 is 4.42 Å². The molecule has 1 aromatic heterocycles. The molecule has 0 saturated heterocycles. The predicted molar refractivity (Wildman–Crippen MR) is 55.7 cm³/mol. The van der Waals surface area contributed by atoms with E-state index in [1.54, 1.807) is 11.8 Å². The molecule has 1 fully saturated rings. The molecule has 1 aromatic rings. The summed E-state index contributed by atoms with van der Waals surface area (Å²) in [5, 5.41) is 0. The van der Waals surface area contributed by atoms with E-state index in [0.717, 1.165) is 5.92 Å². The van der Waals surface area contributed by atoms with Crippen LogP contribution in [0.1, 0.15) is 25.7 Å². The maximum atomic E-state index is 4.47. The maximum Gasteiger partial charge on any atom is 0.180 e. The second kappa shape index (κ2) is 4.80. The predicted octanol–water partition coefficient (Wildman–Crippen LogP) is 3.35. The number of rotatable bonds is 0. The van der Waals surface area contributed by atoms with Crippen LogP contribution in [-0.2, 0) is 0 Å². The molecule has 0 bridgehead atoms. The molecule has 0 aliphatic heterocycles. The van der Waals surface area contributed by atoms with Gasteiger partial charge in [0.25, 0.3) is 0 Å². The Morgan fingerprint density at radius 1 is 1.43 bits per heavy atom. The number of fused-ring (bicyclic) bond motifs is 1. The molecule has 74 valence electrons. The number of aromatic nitrogens is 1. The summed E-state index contributed by atoms with van der Waals surface area (Å²) in [7, 11) is 0. The van der Waals surface area contributed by atoms with Gasteiger partial charge in [-0.05, 0) is 31.6 Å². The van der Waals surface area contributed by atoms with Crippen molar-refractivity contribution in [3.05, 3.63) is 42.7 Å². The van der Waals surface area contributed by atoms with Crippen LogP contribution in [0.5, 0.6) is 0 Å². The lowest BCUT2D eigenvalue weighted by molar-refractivity contribution is 0.558. The van der Waals surface area contributed by atoms with Gasteiger partial charge in [0.05, 0.1) is 6.20 Å². The molecular weight excluding hydrogens is 174 g/mol. The van der Waals surface area contributed by atoms with Crippen molar-refractivity contribution in [2.24, 2.45) is 5.92 Å². The summed E-state index contributed by atoms with van der Waals surface area (Å²) in [5.74, 6) is 0.940. The van der Waals surface area contributed by atoms with Crippen molar-refractivity contribution in [1.29, 1.82) is 0 Å². The van der Waals surface area contributed by atoms with Crippen LogP contribution in [-0.4, -0.2) is 4.98 Å². The fraction of sp³-hybridized carbons (Fsp3) is 0.417. The van der Waals surface area contributed by atoms with E-state index in [0.29, 0.717) is 0 Å². The lowest BCUT2D eigenvalue weighted by Gasteiger charge is -2.11. The highest BCUT2D eigenvalue weighted by Gasteiger charge is 2.19. The molecule has 0 amide bonds. The summed E-state index contributed by atoms with van der Waals surface area (Å²) in [6, 6.07) is 0. The van der Waals surface area contributed by atoms with Gasteiger partial charge in [0, 0.05) is 0 Å². The molecule has 1 atom stereocenters. The summed E-state index contributed by atoms with van der Waals surface area (Å²) < 4.78 is 4.47. The van der Waals surface area contributed by atoms with E-state index in [1.807, 2.05) is 0 Å². The van der Waals surface area contributed by atoms with Crippen LogP contribution in [0.2, 0.25) is 0 Å². The summed E-state index contributed by atoms with van der Waals surface area (Å²) in [6.45, 7) is 0. The maximum absolute atomic E-state index is 4.47. The lowest BCUT2D eigenvalue weighted by Crippen LogP contribution is -1.96. The number of oxazole rings is 1. The first-order valence-electron chi connectivity index (χ1n) is 5.14. The van der Waals surface area contributed by atoms with E-state index < -0.39 is 0 Å². The van der Waals surface area contributed by atoms with Crippen LogP contribution in [0.4, 0.5) is 0 Å². The van der Waals surface area contributed by atoms with Crippen LogP contribution in [0.25, 0.3) is 0 Å². The molecule has 1 saturated carbocycles. The Hall–Kier alpha value is -1.31. The molecule has 2 nitrogen and oxygen atoms in total. The van der Waals surface area contributed by atoms with E-state index in [1.165, 1.54) is 38.3 Å². The Labute approximate surface area is 84.3 Å². The smallest absolute Gasteiger partial charge is 0.180 e. The second-order valence-electron chi connectivity index (χ2n) is 3.67. The highest BCUT2D eigenvalue weighted by molar-refractivity contribution is 5.23. The standard InChI is InChI=1S/C9H12.C3H3NO/c1-2-5-9-7-3-6-8(9)4-1;1-2-5-3-4-1/h1-2,4,9H,3,5-7H2;1-3H. The largest absolute Gasteiger partial charge is 0.452 e. The third-order valence-electron chi connectivity index (χ3n) is 2.76. The average Bonchev–Trinajstić information content (AvgIpc) is 2.92. The first-order valence-corrected chi connectivity index (χ1v) is 5.14. The third kappa shape index (κ3) is 2.34. The minimum atomic E-state index is 0.940. The molecule has 0 N–H and O–H groups in total. The van der Waals surface area contributed by atoms with Crippen molar-refractivity contribution in [2.75, 3.05) is 0 Å². The molecule has 2 heteroatoms. The summed E-state index contributed by atoms with van der Waals surface area (Å²) >= 11 is 0. The summed E-state index contributed by atoms with van der Waals surface area (Å²) in [4.78, 5) is 3.56. The molecule has 0 aromatic carbocycles. The number of nitrogens with zero attached hydrogens (tertiary/aromatic N) is 1. The highest BCUT2D eigenvalue weighted by atomic mass is 16.3. The van der Waals surface area contributed by atoms with Gasteiger partial charge in [-0.3, -0.25) is 0 Å². The first kappa shape index (κ1) is 9.25. The van der Waals surface area contributed by atoms with E-state index >= 15 is 0 Å². The summed E-state index contributed by atoms with van der Waals surface area (Å²) in [6.07, 6.45) is 16.8. The van der Waals surface area contributed by atoms with Gasteiger partial charge in [-0.25, -0.2) is 4.98 Å². The van der Waals surface area contributed by atoms with Crippen LogP contribution in [0.15, 0.2) is 47.1 Å². The topological polar surface area (TPSA) is 26.0 Å². The van der Waals surface area contributed by atoms with Crippen molar-refractivity contribution in [3.63, 3.8) is 0 Å². The fourth-order valence-electron chi connectivity index (χ4n) is 2.04. The minimum absolute atomic E-state index is 0.940. The Morgan fingerprint density at radius 3 is 3.07 bits per heavy atom. The summed E-state index contributed by atoms with van der Waals surface area (Å²) in [5.41, 5.74) is 1.71. The van der Waals surface area contributed by atoms with E-state index in [4.69, 9.17) is 0 Å². The van der Waals surface area contributed by atoms with E-state index in [-0.39, 0.29) is 0 Å². The average molecular weight is 189 g/mol. The molecule has 2 aliphatic carbocycles. The third-order valence-corrected chi connectivity index (χ3v) is 2.76. The second-order valence-corrected chi connectivity index (χ2v) is 3.67. The Morgan fingerprint density at radius 2 is 2.43 bits per heavy atom. The normalized spacial score (nSPS) is 23.4. The van der Waals surface area contributed by atoms with Crippen LogP contribution in [0.3, 0.4) is 0 Å². The molecule has 2 aliphatic rings. The molecule has 3 rings (SSSR count). The van der Waals surface area contributed by atoms with Crippen molar-refractivity contribution in [1.82, 2.24) is 4.98 Å². The van der Waals surface area contributed by atoms with Crippen LogP contribution in [0, 0.1) is 5.92 Å². The van der Waals surface area contributed by atoms with Crippen molar-refractivity contribution in [2.45, 2.75) is 25.7 Å². The van der Waals surface area contributed by atoms with Gasteiger partial charge < -0.3 is 4.42 Å². The first-order chi connectivity index (χ1) is 6.97. The lowest BCUT2D eigenvalue weighted by atomic mass is 9.95. The SMILES string of the molecule is C1=CCC2CCCC2=C1.c1cocn1. The van der Waals surface area contributed by atoms with Gasteiger partial charge in [-0.1, -0.05) is 23.8 Å². The Balaban J connectivity index is 0.000000128. The van der Waals surface area contributed by atoms with Gasteiger partial charge in [-0.2, -0.15) is 0 Å². The highest BCUT2D eigenvalue weighted by Crippen LogP contribution is 2.35. The van der Waals surface area contributed by atoms with Crippen molar-refractivity contribution in [3.8, 4) is 0 Å². The Bertz CT molecular complexity index is 294. The van der Waals surface area contributed by atoms with Gasteiger partial charge in [0.15, 0.2) is 6.39 Å². The van der Waals surface area contributed by atoms with Crippen molar-refractivity contribution >= 4 is 0 Å². The van der Waals surface area contributed by atoms with Crippen LogP contribution >= 0.6 is 0 Å². The van der Waals surface area contributed by atoms with Gasteiger partial charge in [0.2, 0.25) is 0 Å². The molecular formula is C12H15NO. The number of allylic oxidation sites excluding steroid dienone is 4. The number of hydrogen-bond acceptors (Lipinski definition) is 2. The number of hydrogen-bond donors (Lipinski definition) is 0. The van der Waals surface area contributed by atoms with Gasteiger partial charge in [-0.15, -0.1) is 0 Å². The quantitative estimate of drug-likeness (QED) is 0.625. The molecule has 1 unspecified atom stereocenters. The molecule has 1 heterocycles. The van der Waals surface area contributed by atoms with Gasteiger partial charge >= 0.3 is 0 Å². The van der Waals surface area contributed by atoms with E-state index in [9.17, 15) is 0 Å². The monoisotopic (exact) mass is 189 g/mol. The van der Waals surface area contributed by atoms with E-state index in [2.05, 4.69) is 27.6 Å². The molecule has 0 spiro atoms. The zero-order valence-electron chi connectivity index (χ0n) is 8.23. The zero-order valence-corrected chi connectivity index (χ0v) is 8.23. The van der Waals surface area contributed by atoms with Crippen LogP contribution < -0.4 is 0 Å². The zero-order chi connectivity index (χ0) is 9.64. The molecule has 14 heavy (non-hydrogen) atoms. The Kier molecular flexibility index (Phi) is 3.17. The fourth-order valence-corrected chi connectivity index (χ4v) is 2.04. The van der Waals surface area contributed by atoms with Gasteiger partial charge in [0.1, 0.15) is 6.26 Å². The minimum Gasteiger partial charge on any atom is -0.452 e.